The summed E-state index contributed by atoms with van der Waals surface area (Å²) in [6.45, 7) is 3.86. The van der Waals surface area contributed by atoms with E-state index >= 15 is 0 Å². The Morgan fingerprint density at radius 3 is 2.91 bits per heavy atom. The molecule has 1 unspecified atom stereocenters. The number of benzene rings is 1. The van der Waals surface area contributed by atoms with E-state index in [0.29, 0.717) is 25.7 Å². The number of rotatable bonds is 8. The van der Waals surface area contributed by atoms with Crippen molar-refractivity contribution >= 4 is 12.2 Å². The lowest BCUT2D eigenvalue weighted by Crippen LogP contribution is -2.29. The van der Waals surface area contributed by atoms with Crippen molar-refractivity contribution in [2.45, 2.75) is 38.8 Å². The third kappa shape index (κ3) is 5.36. The second kappa shape index (κ2) is 9.30. The Morgan fingerprint density at radius 1 is 1.43 bits per heavy atom. The van der Waals surface area contributed by atoms with Gasteiger partial charge in [-0.05, 0) is 24.8 Å². The van der Waals surface area contributed by atoms with Gasteiger partial charge in [0, 0.05) is 19.9 Å². The van der Waals surface area contributed by atoms with Gasteiger partial charge >= 0.3 is 5.97 Å². The Labute approximate surface area is 138 Å². The summed E-state index contributed by atoms with van der Waals surface area (Å²) in [5, 5.41) is 6.52. The van der Waals surface area contributed by atoms with Crippen LogP contribution < -0.4 is 0 Å². The molecule has 1 fully saturated rings. The second-order valence-corrected chi connectivity index (χ2v) is 5.79. The van der Waals surface area contributed by atoms with Gasteiger partial charge in [-0.3, -0.25) is 9.80 Å². The van der Waals surface area contributed by atoms with Crippen molar-refractivity contribution in [3.63, 3.8) is 0 Å². The van der Waals surface area contributed by atoms with Crippen LogP contribution in [-0.2, 0) is 20.9 Å². The summed E-state index contributed by atoms with van der Waals surface area (Å²) >= 11 is 0. The summed E-state index contributed by atoms with van der Waals surface area (Å²) in [5.41, 5.74) is 0.993. The van der Waals surface area contributed by atoms with Gasteiger partial charge in [0.25, 0.3) is 0 Å². The molecule has 0 aromatic heterocycles. The first-order valence-corrected chi connectivity index (χ1v) is 8.24. The van der Waals surface area contributed by atoms with Gasteiger partial charge in [0.2, 0.25) is 0 Å². The van der Waals surface area contributed by atoms with E-state index in [1.807, 2.05) is 42.3 Å². The van der Waals surface area contributed by atoms with Gasteiger partial charge in [0.1, 0.15) is 6.61 Å². The number of carbonyl (C=O) groups is 1. The smallest absolute Gasteiger partial charge is 0.314 e. The van der Waals surface area contributed by atoms with Gasteiger partial charge < -0.3 is 9.47 Å². The third-order valence-electron chi connectivity index (χ3n) is 4.07. The van der Waals surface area contributed by atoms with Crippen LogP contribution >= 0.6 is 0 Å². The minimum atomic E-state index is -0.303. The highest BCUT2D eigenvalue weighted by Crippen LogP contribution is 2.18. The number of esters is 1. The molecule has 23 heavy (non-hydrogen) atoms. The molecule has 1 aliphatic heterocycles. The number of hydrogen-bond donors (Lipinski definition) is 0. The zero-order valence-corrected chi connectivity index (χ0v) is 14.0. The predicted molar refractivity (Wildman–Crippen MR) is 90.1 cm³/mol. The molecule has 1 saturated heterocycles. The van der Waals surface area contributed by atoms with Crippen LogP contribution in [0.15, 0.2) is 35.4 Å². The largest absolute Gasteiger partial charge is 0.460 e. The maximum Gasteiger partial charge on any atom is 0.314 e. The van der Waals surface area contributed by atoms with Gasteiger partial charge in [-0.1, -0.05) is 37.3 Å². The summed E-state index contributed by atoms with van der Waals surface area (Å²) in [5.74, 6) is -0.523. The topological polar surface area (TPSA) is 51.1 Å². The first-order chi connectivity index (χ1) is 11.2. The fraction of sp³-hybridized carbons (Fsp3) is 0.556. The number of nitrogens with zero attached hydrogens (tertiary/aromatic N) is 2. The van der Waals surface area contributed by atoms with Crippen molar-refractivity contribution in [1.82, 2.24) is 5.01 Å². The zero-order chi connectivity index (χ0) is 16.5. The Bertz CT molecular complexity index is 504. The highest BCUT2D eigenvalue weighted by Gasteiger charge is 2.23. The first kappa shape index (κ1) is 17.5. The Hall–Kier alpha value is -1.88. The van der Waals surface area contributed by atoms with E-state index in [2.05, 4.69) is 5.10 Å². The predicted octanol–water partition coefficient (Wildman–Crippen LogP) is 2.85. The Kier molecular flexibility index (Phi) is 7.07. The lowest BCUT2D eigenvalue weighted by atomic mass is 10.1. The molecule has 0 radical (unpaired) electrons. The molecule has 2 atom stereocenters. The first-order valence-electron chi connectivity index (χ1n) is 8.24. The second-order valence-electron chi connectivity index (χ2n) is 5.79. The lowest BCUT2D eigenvalue weighted by Gasteiger charge is -2.21. The van der Waals surface area contributed by atoms with Crippen molar-refractivity contribution in [1.29, 1.82) is 0 Å². The van der Waals surface area contributed by atoms with Gasteiger partial charge in [-0.25, -0.2) is 0 Å². The molecule has 1 heterocycles. The lowest BCUT2D eigenvalue weighted by molar-refractivity contribution is -0.147. The van der Waals surface area contributed by atoms with Crippen LogP contribution in [0.4, 0.5) is 0 Å². The molecular weight excluding hydrogens is 292 g/mol. The summed E-state index contributed by atoms with van der Waals surface area (Å²) in [6, 6.07) is 10.0. The molecule has 126 valence electrons. The average Bonchev–Trinajstić information content (AvgIpc) is 3.02. The van der Waals surface area contributed by atoms with E-state index in [-0.39, 0.29) is 11.9 Å². The molecule has 2 rings (SSSR count). The highest BCUT2D eigenvalue weighted by atomic mass is 16.5. The van der Waals surface area contributed by atoms with Crippen LogP contribution in [0, 0.1) is 5.92 Å². The normalized spacial score (nSPS) is 19.2. The van der Waals surface area contributed by atoms with Crippen molar-refractivity contribution in [2.75, 3.05) is 20.3 Å². The summed E-state index contributed by atoms with van der Waals surface area (Å²) in [7, 11) is 1.70. The summed E-state index contributed by atoms with van der Waals surface area (Å²) in [4.78, 5) is 12.2. The van der Waals surface area contributed by atoms with E-state index in [4.69, 9.17) is 9.47 Å². The number of hydrazone groups is 1. The minimum absolute atomic E-state index is 0.220. The van der Waals surface area contributed by atoms with Crippen LogP contribution in [0.3, 0.4) is 0 Å². The van der Waals surface area contributed by atoms with E-state index in [9.17, 15) is 4.79 Å². The van der Waals surface area contributed by atoms with Crippen LogP contribution in [0.25, 0.3) is 0 Å². The van der Waals surface area contributed by atoms with Crippen molar-refractivity contribution < 1.29 is 14.3 Å². The number of methoxy groups -OCH3 is 1. The molecule has 0 spiro atoms. The standard InChI is InChI=1S/C18H26N2O3/c1-3-16(12-19-20-11-7-10-17(20)14-22-2)18(21)23-13-15-8-5-4-6-9-15/h4-6,8-9,12,16-17H,3,7,10-11,13-14H2,1-2H3/b19-12+/t16?,17-/m0/s1. The fourth-order valence-corrected chi connectivity index (χ4v) is 2.67. The van der Waals surface area contributed by atoms with E-state index in [1.54, 1.807) is 13.3 Å². The van der Waals surface area contributed by atoms with Crippen LogP contribution in [-0.4, -0.2) is 43.5 Å². The third-order valence-corrected chi connectivity index (χ3v) is 4.07. The van der Waals surface area contributed by atoms with E-state index in [1.165, 1.54) is 0 Å². The SMILES string of the molecule is CCC(/C=N/N1CCC[C@H]1COC)C(=O)OCc1ccccc1. The molecule has 0 amide bonds. The molecular formula is C18H26N2O3. The number of hydrogen-bond acceptors (Lipinski definition) is 5. The molecule has 1 aromatic carbocycles. The Morgan fingerprint density at radius 2 is 2.22 bits per heavy atom. The van der Waals surface area contributed by atoms with E-state index in [0.717, 1.165) is 24.9 Å². The fourth-order valence-electron chi connectivity index (χ4n) is 2.67. The molecule has 1 aromatic rings. The van der Waals surface area contributed by atoms with Gasteiger partial charge in [0.15, 0.2) is 0 Å². The highest BCUT2D eigenvalue weighted by molar-refractivity contribution is 5.89. The quantitative estimate of drug-likeness (QED) is 0.546. The average molecular weight is 318 g/mol. The number of carbonyl (C=O) groups excluding carboxylic acids is 1. The van der Waals surface area contributed by atoms with Crippen molar-refractivity contribution in [2.24, 2.45) is 11.0 Å². The Balaban J connectivity index is 1.86. The van der Waals surface area contributed by atoms with Crippen LogP contribution in [0.2, 0.25) is 0 Å². The maximum atomic E-state index is 12.2. The maximum absolute atomic E-state index is 12.2. The van der Waals surface area contributed by atoms with E-state index < -0.39 is 0 Å². The van der Waals surface area contributed by atoms with Gasteiger partial charge in [-0.15, -0.1) is 0 Å². The molecule has 0 bridgehead atoms. The molecule has 0 N–H and O–H groups in total. The van der Waals surface area contributed by atoms with Gasteiger partial charge in [0.05, 0.1) is 18.6 Å². The van der Waals surface area contributed by atoms with Crippen molar-refractivity contribution in [3.05, 3.63) is 35.9 Å². The van der Waals surface area contributed by atoms with Crippen LogP contribution in [0.1, 0.15) is 31.7 Å². The summed E-state index contributed by atoms with van der Waals surface area (Å²) < 4.78 is 10.6. The minimum Gasteiger partial charge on any atom is -0.460 e. The zero-order valence-electron chi connectivity index (χ0n) is 14.0. The number of ether oxygens (including phenoxy) is 2. The summed E-state index contributed by atoms with van der Waals surface area (Å²) in [6.07, 6.45) is 4.60. The molecule has 1 aliphatic rings. The molecule has 5 heteroatoms. The van der Waals surface area contributed by atoms with Crippen LogP contribution in [0.5, 0.6) is 0 Å². The monoisotopic (exact) mass is 318 g/mol. The molecule has 0 saturated carbocycles. The molecule has 0 aliphatic carbocycles. The van der Waals surface area contributed by atoms with Crippen molar-refractivity contribution in [3.8, 4) is 0 Å². The van der Waals surface area contributed by atoms with Gasteiger partial charge in [-0.2, -0.15) is 5.10 Å². The molecule has 5 nitrogen and oxygen atoms in total.